The number of nitrogens with zero attached hydrogens (tertiary/aromatic N) is 4. The first-order chi connectivity index (χ1) is 9.99. The monoisotopic (exact) mass is 310 g/mol. The van der Waals surface area contributed by atoms with Gasteiger partial charge in [-0.1, -0.05) is 17.3 Å². The Labute approximate surface area is 120 Å². The molecule has 0 aliphatic rings. The Bertz CT molecular complexity index is 714. The van der Waals surface area contributed by atoms with Gasteiger partial charge in [-0.25, -0.2) is 4.79 Å². The number of nitro groups is 1. The fraction of sp³-hybridized carbons (Fsp3) is 0.182. The van der Waals surface area contributed by atoms with Crippen LogP contribution in [0.3, 0.4) is 0 Å². The quantitative estimate of drug-likeness (QED) is 0.614. The van der Waals surface area contributed by atoms with E-state index < -0.39 is 21.7 Å². The maximum Gasteiger partial charge on any atom is 0.358 e. The number of aromatic carboxylic acids is 1. The summed E-state index contributed by atoms with van der Waals surface area (Å²) in [7, 11) is -1.60. The number of benzene rings is 1. The van der Waals surface area contributed by atoms with Crippen molar-refractivity contribution in [1.82, 2.24) is 15.0 Å². The van der Waals surface area contributed by atoms with Gasteiger partial charge < -0.3 is 5.11 Å². The zero-order valence-electron chi connectivity index (χ0n) is 10.6. The molecule has 0 radical (unpaired) electrons. The molecular formula is C11H10N4O5S. The first-order valence-electron chi connectivity index (χ1n) is 5.74. The van der Waals surface area contributed by atoms with Gasteiger partial charge in [-0.05, 0) is 6.07 Å². The summed E-state index contributed by atoms with van der Waals surface area (Å²) in [4.78, 5) is 21.0. The largest absolute Gasteiger partial charge is 0.476 e. The number of carboxylic acids is 1. The highest BCUT2D eigenvalue weighted by Crippen LogP contribution is 2.21. The second-order valence-electron chi connectivity index (χ2n) is 3.95. The van der Waals surface area contributed by atoms with Crippen LogP contribution in [0.2, 0.25) is 0 Å². The lowest BCUT2D eigenvalue weighted by molar-refractivity contribution is -0.387. The van der Waals surface area contributed by atoms with Crippen LogP contribution in [0.25, 0.3) is 0 Å². The molecule has 0 aliphatic carbocycles. The predicted molar refractivity (Wildman–Crippen MR) is 71.4 cm³/mol. The number of para-hydroxylation sites is 1. The Balaban J connectivity index is 2.08. The molecule has 0 saturated carbocycles. The minimum Gasteiger partial charge on any atom is -0.476 e. The summed E-state index contributed by atoms with van der Waals surface area (Å²) >= 11 is 0. The second kappa shape index (κ2) is 6.22. The molecule has 0 bridgehead atoms. The van der Waals surface area contributed by atoms with Crippen LogP contribution in [0.1, 0.15) is 10.5 Å². The number of carbonyl (C=O) groups is 1. The zero-order chi connectivity index (χ0) is 15.4. The molecule has 0 spiro atoms. The molecule has 2 rings (SSSR count). The number of nitro benzene ring substituents is 1. The van der Waals surface area contributed by atoms with Crippen LogP contribution in [0.15, 0.2) is 35.4 Å². The predicted octanol–water partition coefficient (Wildman–Crippen LogP) is 0.692. The SMILES string of the molecule is O=C(O)c1cn(CCS(=O)c2ccccc2[N+](=O)[O-])nn1. The molecule has 0 amide bonds. The first kappa shape index (κ1) is 14.8. The van der Waals surface area contributed by atoms with Gasteiger partial charge in [0.25, 0.3) is 5.69 Å². The Morgan fingerprint density at radius 1 is 1.43 bits per heavy atom. The van der Waals surface area contributed by atoms with Gasteiger partial charge in [-0.15, -0.1) is 5.10 Å². The highest BCUT2D eigenvalue weighted by Gasteiger charge is 2.18. The number of aryl methyl sites for hydroxylation is 1. The van der Waals surface area contributed by atoms with E-state index in [4.69, 9.17) is 5.11 Å². The van der Waals surface area contributed by atoms with Crippen LogP contribution in [0, 0.1) is 10.1 Å². The molecule has 1 atom stereocenters. The van der Waals surface area contributed by atoms with E-state index in [1.54, 1.807) is 6.07 Å². The molecule has 9 nitrogen and oxygen atoms in total. The van der Waals surface area contributed by atoms with E-state index >= 15 is 0 Å². The molecule has 1 aromatic carbocycles. The Kier molecular flexibility index (Phi) is 4.38. The van der Waals surface area contributed by atoms with Gasteiger partial charge in [0.1, 0.15) is 4.90 Å². The third-order valence-electron chi connectivity index (χ3n) is 2.57. The van der Waals surface area contributed by atoms with Gasteiger partial charge in [0.05, 0.1) is 28.5 Å². The number of carboxylic acid groups (broad SMARTS) is 1. The van der Waals surface area contributed by atoms with Crippen molar-refractivity contribution in [1.29, 1.82) is 0 Å². The summed E-state index contributed by atoms with van der Waals surface area (Å²) in [6.07, 6.45) is 1.21. The summed E-state index contributed by atoms with van der Waals surface area (Å²) in [5, 5.41) is 26.6. The number of hydrogen-bond acceptors (Lipinski definition) is 6. The van der Waals surface area contributed by atoms with Gasteiger partial charge in [0, 0.05) is 11.8 Å². The number of hydrogen-bond donors (Lipinski definition) is 1. The summed E-state index contributed by atoms with van der Waals surface area (Å²) in [6.45, 7) is 0.138. The summed E-state index contributed by atoms with van der Waals surface area (Å²) in [5.74, 6) is -1.14. The van der Waals surface area contributed by atoms with Crippen LogP contribution in [0.5, 0.6) is 0 Å². The van der Waals surface area contributed by atoms with Gasteiger partial charge in [0.2, 0.25) is 0 Å². The fourth-order valence-electron chi connectivity index (χ4n) is 1.59. The average Bonchev–Trinajstić information content (AvgIpc) is 2.94. The van der Waals surface area contributed by atoms with Crippen LogP contribution >= 0.6 is 0 Å². The minimum atomic E-state index is -1.60. The summed E-state index contributed by atoms with van der Waals surface area (Å²) in [5.41, 5.74) is -0.424. The second-order valence-corrected chi connectivity index (χ2v) is 5.49. The van der Waals surface area contributed by atoms with Gasteiger partial charge in [-0.3, -0.25) is 19.0 Å². The zero-order valence-corrected chi connectivity index (χ0v) is 11.4. The standard InChI is InChI=1S/C11H10N4O5S/c16-11(17)8-7-14(13-12-8)5-6-21(20)10-4-2-1-3-9(10)15(18)19/h1-4,7H,5-6H2,(H,16,17). The highest BCUT2D eigenvalue weighted by molar-refractivity contribution is 7.85. The maximum atomic E-state index is 12.1. The molecule has 1 aromatic heterocycles. The van der Waals surface area contributed by atoms with Crippen molar-refractivity contribution >= 4 is 22.5 Å². The molecule has 1 heterocycles. The van der Waals surface area contributed by atoms with Crippen LogP contribution in [0.4, 0.5) is 5.69 Å². The molecule has 10 heteroatoms. The van der Waals surface area contributed by atoms with E-state index in [-0.39, 0.29) is 28.6 Å². The maximum absolute atomic E-state index is 12.1. The highest BCUT2D eigenvalue weighted by atomic mass is 32.2. The van der Waals surface area contributed by atoms with Crippen molar-refractivity contribution in [2.75, 3.05) is 5.75 Å². The molecule has 0 fully saturated rings. The van der Waals surface area contributed by atoms with E-state index in [0.717, 1.165) is 0 Å². The van der Waals surface area contributed by atoms with Gasteiger partial charge in [0.15, 0.2) is 5.69 Å². The Hall–Kier alpha value is -2.62. The van der Waals surface area contributed by atoms with E-state index in [1.165, 1.54) is 29.1 Å². The normalized spacial score (nSPS) is 12.0. The molecule has 2 aromatic rings. The number of rotatable bonds is 6. The van der Waals surface area contributed by atoms with Crippen molar-refractivity contribution in [3.8, 4) is 0 Å². The smallest absolute Gasteiger partial charge is 0.358 e. The molecule has 21 heavy (non-hydrogen) atoms. The first-order valence-corrected chi connectivity index (χ1v) is 7.06. The molecule has 0 aliphatic heterocycles. The van der Waals surface area contributed by atoms with E-state index in [2.05, 4.69) is 10.3 Å². The van der Waals surface area contributed by atoms with Crippen molar-refractivity contribution in [2.45, 2.75) is 11.4 Å². The Morgan fingerprint density at radius 2 is 2.14 bits per heavy atom. The summed E-state index contributed by atoms with van der Waals surface area (Å²) < 4.78 is 13.3. The van der Waals surface area contributed by atoms with Crippen LogP contribution in [-0.4, -0.2) is 41.0 Å². The van der Waals surface area contributed by atoms with E-state index in [1.807, 2.05) is 0 Å². The molecule has 110 valence electrons. The fourth-order valence-corrected chi connectivity index (χ4v) is 2.77. The van der Waals surface area contributed by atoms with Crippen molar-refractivity contribution in [2.24, 2.45) is 0 Å². The van der Waals surface area contributed by atoms with Crippen LogP contribution in [-0.2, 0) is 17.3 Å². The lowest BCUT2D eigenvalue weighted by atomic mass is 10.3. The van der Waals surface area contributed by atoms with Gasteiger partial charge in [-0.2, -0.15) is 0 Å². The van der Waals surface area contributed by atoms with Crippen molar-refractivity contribution in [3.05, 3.63) is 46.3 Å². The van der Waals surface area contributed by atoms with Crippen molar-refractivity contribution < 1.29 is 19.0 Å². The average molecular weight is 310 g/mol. The lowest BCUT2D eigenvalue weighted by Gasteiger charge is -2.03. The van der Waals surface area contributed by atoms with E-state index in [9.17, 15) is 19.1 Å². The van der Waals surface area contributed by atoms with Crippen LogP contribution < -0.4 is 0 Å². The Morgan fingerprint density at radius 3 is 2.76 bits per heavy atom. The number of aromatic nitrogens is 3. The van der Waals surface area contributed by atoms with Gasteiger partial charge >= 0.3 is 5.97 Å². The molecule has 0 saturated heterocycles. The minimum absolute atomic E-state index is 0.0628. The summed E-state index contributed by atoms with van der Waals surface area (Å²) in [6, 6.07) is 5.77. The van der Waals surface area contributed by atoms with E-state index in [0.29, 0.717) is 0 Å². The topological polar surface area (TPSA) is 128 Å². The third-order valence-corrected chi connectivity index (χ3v) is 3.96. The molecule has 1 N–H and O–H groups in total. The third kappa shape index (κ3) is 3.48. The molecular weight excluding hydrogens is 300 g/mol. The lowest BCUT2D eigenvalue weighted by Crippen LogP contribution is -2.09. The molecule has 1 unspecified atom stereocenters. The van der Waals surface area contributed by atoms with Crippen molar-refractivity contribution in [3.63, 3.8) is 0 Å².